The maximum Gasteiger partial charge on any atom is 0.339 e. The smallest absolute Gasteiger partial charge is 0.339 e. The maximum absolute atomic E-state index is 10.5. The van der Waals surface area contributed by atoms with Gasteiger partial charge in [0, 0.05) is 5.92 Å². The van der Waals surface area contributed by atoms with Crippen LogP contribution in [0.3, 0.4) is 0 Å². The van der Waals surface area contributed by atoms with Crippen molar-refractivity contribution < 1.29 is 19.7 Å². The highest BCUT2D eigenvalue weighted by Gasteiger charge is 2.46. The van der Waals surface area contributed by atoms with E-state index in [0.29, 0.717) is 6.61 Å². The summed E-state index contributed by atoms with van der Waals surface area (Å²) in [5.74, 6) is -1.07. The highest BCUT2D eigenvalue weighted by atomic mass is 17.2. The molecule has 0 bridgehead atoms. The van der Waals surface area contributed by atoms with E-state index in [4.69, 9.17) is 5.11 Å². The molecular formula is C6H10O4. The molecule has 1 aliphatic heterocycles. The second-order valence-corrected chi connectivity index (χ2v) is 2.68. The van der Waals surface area contributed by atoms with Crippen LogP contribution in [0.25, 0.3) is 0 Å². The normalized spacial score (nSPS) is 40.0. The van der Waals surface area contributed by atoms with Gasteiger partial charge in [-0.1, -0.05) is 6.92 Å². The van der Waals surface area contributed by atoms with Gasteiger partial charge in [0.1, 0.15) is 0 Å². The zero-order valence-electron chi connectivity index (χ0n) is 5.96. The third-order valence-corrected chi connectivity index (χ3v) is 1.92. The summed E-state index contributed by atoms with van der Waals surface area (Å²) in [6.45, 7) is 3.64. The van der Waals surface area contributed by atoms with E-state index in [-0.39, 0.29) is 5.92 Å². The summed E-state index contributed by atoms with van der Waals surface area (Å²) in [5.41, 5.74) is -1.15. The first kappa shape index (κ1) is 7.50. The highest BCUT2D eigenvalue weighted by Crippen LogP contribution is 2.28. The van der Waals surface area contributed by atoms with Gasteiger partial charge < -0.3 is 5.11 Å². The molecule has 1 N–H and O–H groups in total. The van der Waals surface area contributed by atoms with Crippen LogP contribution in [-0.4, -0.2) is 23.3 Å². The van der Waals surface area contributed by atoms with Crippen LogP contribution >= 0.6 is 0 Å². The first-order valence-corrected chi connectivity index (χ1v) is 3.11. The fourth-order valence-corrected chi connectivity index (χ4v) is 0.746. The zero-order chi connectivity index (χ0) is 7.78. The number of rotatable bonds is 1. The molecule has 0 spiro atoms. The van der Waals surface area contributed by atoms with Gasteiger partial charge >= 0.3 is 5.97 Å². The molecule has 1 heterocycles. The Hall–Kier alpha value is -0.610. The minimum Gasteiger partial charge on any atom is -0.479 e. The average Bonchev–Trinajstić information content (AvgIpc) is 2.15. The van der Waals surface area contributed by atoms with Crippen molar-refractivity contribution in [2.45, 2.75) is 19.4 Å². The van der Waals surface area contributed by atoms with Gasteiger partial charge in [-0.2, -0.15) is 0 Å². The van der Waals surface area contributed by atoms with Crippen LogP contribution in [0.2, 0.25) is 0 Å². The molecule has 0 saturated carbocycles. The third-order valence-electron chi connectivity index (χ3n) is 1.92. The van der Waals surface area contributed by atoms with Crippen LogP contribution in [0.1, 0.15) is 13.8 Å². The van der Waals surface area contributed by atoms with E-state index >= 15 is 0 Å². The lowest BCUT2D eigenvalue weighted by Crippen LogP contribution is -2.39. The molecule has 1 rings (SSSR count). The number of aliphatic carboxylic acids is 1. The Morgan fingerprint density at radius 3 is 2.60 bits per heavy atom. The number of carboxylic acid groups (broad SMARTS) is 1. The quantitative estimate of drug-likeness (QED) is 0.545. The van der Waals surface area contributed by atoms with Crippen LogP contribution in [0.15, 0.2) is 0 Å². The molecule has 1 fully saturated rings. The van der Waals surface area contributed by atoms with Crippen molar-refractivity contribution in [2.24, 2.45) is 5.92 Å². The Morgan fingerprint density at radius 2 is 2.40 bits per heavy atom. The van der Waals surface area contributed by atoms with Crippen LogP contribution in [0.4, 0.5) is 0 Å². The van der Waals surface area contributed by atoms with Crippen molar-refractivity contribution >= 4 is 5.97 Å². The first-order chi connectivity index (χ1) is 4.57. The van der Waals surface area contributed by atoms with Crippen molar-refractivity contribution in [2.75, 3.05) is 6.61 Å². The maximum atomic E-state index is 10.5. The van der Waals surface area contributed by atoms with Gasteiger partial charge in [-0.05, 0) is 6.92 Å². The molecule has 1 saturated heterocycles. The van der Waals surface area contributed by atoms with E-state index in [0.717, 1.165) is 0 Å². The standard InChI is InChI=1S/C6H10O4/c1-4-3-9-10-6(4,2)5(7)8/h4H,3H2,1-2H3,(H,7,8). The molecule has 2 unspecified atom stereocenters. The molecule has 0 aromatic rings. The summed E-state index contributed by atoms with van der Waals surface area (Å²) in [5, 5.41) is 8.64. The van der Waals surface area contributed by atoms with E-state index in [1.165, 1.54) is 6.92 Å². The first-order valence-electron chi connectivity index (χ1n) is 3.11. The lowest BCUT2D eigenvalue weighted by atomic mass is 9.93. The van der Waals surface area contributed by atoms with Crippen LogP contribution in [0, 0.1) is 5.92 Å². The minimum atomic E-state index is -1.15. The second-order valence-electron chi connectivity index (χ2n) is 2.68. The van der Waals surface area contributed by atoms with Gasteiger partial charge in [0.15, 0.2) is 0 Å². The lowest BCUT2D eigenvalue weighted by Gasteiger charge is -2.18. The fraction of sp³-hybridized carbons (Fsp3) is 0.833. The zero-order valence-corrected chi connectivity index (χ0v) is 5.96. The van der Waals surface area contributed by atoms with E-state index in [1.807, 2.05) is 0 Å². The van der Waals surface area contributed by atoms with Gasteiger partial charge in [-0.25, -0.2) is 14.6 Å². The molecule has 10 heavy (non-hydrogen) atoms. The molecule has 0 aliphatic carbocycles. The molecule has 0 aromatic carbocycles. The molecule has 0 radical (unpaired) electrons. The lowest BCUT2D eigenvalue weighted by molar-refractivity contribution is -0.301. The van der Waals surface area contributed by atoms with Gasteiger partial charge in [-0.15, -0.1) is 0 Å². The molecular weight excluding hydrogens is 136 g/mol. The summed E-state index contributed by atoms with van der Waals surface area (Å²) < 4.78 is 0. The summed E-state index contributed by atoms with van der Waals surface area (Å²) in [4.78, 5) is 19.7. The highest BCUT2D eigenvalue weighted by molar-refractivity contribution is 5.77. The summed E-state index contributed by atoms with van der Waals surface area (Å²) in [6.07, 6.45) is 0. The predicted octanol–water partition coefficient (Wildman–Crippen LogP) is 0.428. The largest absolute Gasteiger partial charge is 0.479 e. The number of carbonyl (C=O) groups is 1. The fourth-order valence-electron chi connectivity index (χ4n) is 0.746. The molecule has 0 aromatic heterocycles. The average molecular weight is 146 g/mol. The van der Waals surface area contributed by atoms with Crippen molar-refractivity contribution in [1.29, 1.82) is 0 Å². The molecule has 4 nitrogen and oxygen atoms in total. The van der Waals surface area contributed by atoms with E-state index in [2.05, 4.69) is 9.78 Å². The van der Waals surface area contributed by atoms with Gasteiger partial charge in [0.25, 0.3) is 0 Å². The van der Waals surface area contributed by atoms with E-state index < -0.39 is 11.6 Å². The predicted molar refractivity (Wildman–Crippen MR) is 32.2 cm³/mol. The SMILES string of the molecule is CC1COOC1(C)C(=O)O. The van der Waals surface area contributed by atoms with Crippen LogP contribution in [-0.2, 0) is 14.6 Å². The Labute approximate surface area is 58.7 Å². The Balaban J connectivity index is 2.75. The van der Waals surface area contributed by atoms with E-state index in [9.17, 15) is 4.79 Å². The molecule has 4 heteroatoms. The Kier molecular flexibility index (Phi) is 1.66. The summed E-state index contributed by atoms with van der Waals surface area (Å²) >= 11 is 0. The summed E-state index contributed by atoms with van der Waals surface area (Å²) in [7, 11) is 0. The number of carboxylic acids is 1. The number of hydrogen-bond acceptors (Lipinski definition) is 3. The van der Waals surface area contributed by atoms with Crippen LogP contribution < -0.4 is 0 Å². The van der Waals surface area contributed by atoms with Crippen LogP contribution in [0.5, 0.6) is 0 Å². The van der Waals surface area contributed by atoms with Crippen molar-refractivity contribution in [3.05, 3.63) is 0 Å². The topological polar surface area (TPSA) is 55.8 Å². The molecule has 58 valence electrons. The summed E-state index contributed by atoms with van der Waals surface area (Å²) in [6, 6.07) is 0. The second kappa shape index (κ2) is 2.21. The molecule has 0 amide bonds. The van der Waals surface area contributed by atoms with E-state index in [1.54, 1.807) is 6.92 Å². The Morgan fingerprint density at radius 1 is 1.80 bits per heavy atom. The number of hydrogen-bond donors (Lipinski definition) is 1. The van der Waals surface area contributed by atoms with Crippen molar-refractivity contribution in [3.8, 4) is 0 Å². The monoisotopic (exact) mass is 146 g/mol. The van der Waals surface area contributed by atoms with Crippen molar-refractivity contribution in [1.82, 2.24) is 0 Å². The minimum absolute atomic E-state index is 0.0926. The van der Waals surface area contributed by atoms with Crippen molar-refractivity contribution in [3.63, 3.8) is 0 Å². The van der Waals surface area contributed by atoms with Gasteiger partial charge in [0.2, 0.25) is 5.60 Å². The Bertz CT molecular complexity index is 156. The third kappa shape index (κ3) is 0.892. The van der Waals surface area contributed by atoms with Gasteiger partial charge in [0.05, 0.1) is 6.61 Å². The molecule has 1 aliphatic rings. The molecule has 2 atom stereocenters. The van der Waals surface area contributed by atoms with Gasteiger partial charge in [-0.3, -0.25) is 0 Å².